The molecular formula is C19H24NO3-. The highest BCUT2D eigenvalue weighted by Crippen LogP contribution is 2.36. The van der Waals surface area contributed by atoms with Gasteiger partial charge in [0.05, 0.1) is 0 Å². The van der Waals surface area contributed by atoms with Crippen molar-refractivity contribution in [1.82, 2.24) is 4.90 Å². The largest absolute Gasteiger partial charge is 0.550 e. The standard InChI is InChI=1S/C19H25NO3/c21-18(20-12-15-8-4-5-9-16(15)13-20)11-17(19(22)23)10-14-6-2-1-3-7-14/h1-3,6-7,15-17H,4-5,8-13H2,(H,22,23)/p-1. The van der Waals surface area contributed by atoms with Crippen molar-refractivity contribution in [3.63, 3.8) is 0 Å². The molecule has 2 aliphatic rings. The van der Waals surface area contributed by atoms with Gasteiger partial charge in [-0.2, -0.15) is 0 Å². The van der Waals surface area contributed by atoms with Crippen LogP contribution in [0.3, 0.4) is 0 Å². The van der Waals surface area contributed by atoms with Gasteiger partial charge in [0.1, 0.15) is 0 Å². The highest BCUT2D eigenvalue weighted by Gasteiger charge is 2.36. The first-order valence-electron chi connectivity index (χ1n) is 8.66. The minimum Gasteiger partial charge on any atom is -0.550 e. The Labute approximate surface area is 137 Å². The van der Waals surface area contributed by atoms with Gasteiger partial charge in [-0.05, 0) is 36.7 Å². The minimum atomic E-state index is -1.13. The highest BCUT2D eigenvalue weighted by atomic mass is 16.4. The SMILES string of the molecule is O=C([O-])C(CC(=O)N1CC2CCCCC2C1)Cc1ccccc1. The molecule has 0 bridgehead atoms. The van der Waals surface area contributed by atoms with Crippen LogP contribution in [0.5, 0.6) is 0 Å². The molecule has 1 aliphatic heterocycles. The Hall–Kier alpha value is -1.84. The number of fused-ring (bicyclic) bond motifs is 1. The number of carboxylic acid groups (broad SMARTS) is 1. The zero-order valence-electron chi connectivity index (χ0n) is 13.4. The summed E-state index contributed by atoms with van der Waals surface area (Å²) in [5.41, 5.74) is 0.935. The molecule has 3 rings (SSSR count). The van der Waals surface area contributed by atoms with Crippen molar-refractivity contribution in [2.24, 2.45) is 17.8 Å². The molecule has 23 heavy (non-hydrogen) atoms. The Morgan fingerprint density at radius 2 is 1.70 bits per heavy atom. The maximum Gasteiger partial charge on any atom is 0.223 e. The first-order valence-corrected chi connectivity index (χ1v) is 8.66. The van der Waals surface area contributed by atoms with Crippen molar-refractivity contribution in [1.29, 1.82) is 0 Å². The molecule has 1 heterocycles. The van der Waals surface area contributed by atoms with E-state index < -0.39 is 11.9 Å². The van der Waals surface area contributed by atoms with E-state index in [0.29, 0.717) is 18.3 Å². The number of benzene rings is 1. The van der Waals surface area contributed by atoms with Crippen molar-refractivity contribution in [3.05, 3.63) is 35.9 Å². The van der Waals surface area contributed by atoms with Crippen LogP contribution in [0.1, 0.15) is 37.7 Å². The van der Waals surface area contributed by atoms with Gasteiger partial charge in [0.15, 0.2) is 0 Å². The quantitative estimate of drug-likeness (QED) is 0.830. The summed E-state index contributed by atoms with van der Waals surface area (Å²) in [5, 5.41) is 11.4. The Morgan fingerprint density at radius 1 is 1.09 bits per heavy atom. The van der Waals surface area contributed by atoms with Gasteiger partial charge >= 0.3 is 0 Å². The third kappa shape index (κ3) is 3.92. The minimum absolute atomic E-state index is 0.0236. The summed E-state index contributed by atoms with van der Waals surface area (Å²) in [6.07, 6.45) is 5.36. The fourth-order valence-electron chi connectivity index (χ4n) is 4.09. The lowest BCUT2D eigenvalue weighted by Gasteiger charge is -2.22. The molecule has 124 valence electrons. The second kappa shape index (κ2) is 7.16. The topological polar surface area (TPSA) is 60.4 Å². The lowest BCUT2D eigenvalue weighted by Crippen LogP contribution is -2.38. The lowest BCUT2D eigenvalue weighted by atomic mass is 9.82. The van der Waals surface area contributed by atoms with Crippen LogP contribution < -0.4 is 5.11 Å². The highest BCUT2D eigenvalue weighted by molar-refractivity contribution is 5.82. The van der Waals surface area contributed by atoms with Gasteiger partial charge in [-0.15, -0.1) is 0 Å². The Kier molecular flexibility index (Phi) is 4.99. The Balaban J connectivity index is 1.59. The number of rotatable bonds is 5. The molecular weight excluding hydrogens is 290 g/mol. The molecule has 1 saturated heterocycles. The predicted molar refractivity (Wildman–Crippen MR) is 85.3 cm³/mol. The Morgan fingerprint density at radius 3 is 2.26 bits per heavy atom. The second-order valence-corrected chi connectivity index (χ2v) is 7.01. The molecule has 0 aromatic heterocycles. The second-order valence-electron chi connectivity index (χ2n) is 7.01. The number of aliphatic carboxylic acids is 1. The first kappa shape index (κ1) is 16.0. The Bertz CT molecular complexity index is 543. The number of hydrogen-bond acceptors (Lipinski definition) is 3. The number of carbonyl (C=O) groups is 2. The van der Waals surface area contributed by atoms with E-state index in [2.05, 4.69) is 0 Å². The molecule has 3 unspecified atom stereocenters. The summed E-state index contributed by atoms with van der Waals surface area (Å²) in [7, 11) is 0. The fourth-order valence-corrected chi connectivity index (χ4v) is 4.09. The molecule has 1 amide bonds. The van der Waals surface area contributed by atoms with Crippen molar-refractivity contribution in [2.75, 3.05) is 13.1 Å². The van der Waals surface area contributed by atoms with Gasteiger partial charge in [0.2, 0.25) is 5.91 Å². The van der Waals surface area contributed by atoms with E-state index in [9.17, 15) is 14.7 Å². The average Bonchev–Trinajstić information content (AvgIpc) is 2.99. The molecule has 1 aliphatic carbocycles. The maximum absolute atomic E-state index is 12.5. The van der Waals surface area contributed by atoms with Gasteiger partial charge in [0.25, 0.3) is 0 Å². The fraction of sp³-hybridized carbons (Fsp3) is 0.579. The first-order chi connectivity index (χ1) is 11.1. The van der Waals surface area contributed by atoms with Gasteiger partial charge in [-0.3, -0.25) is 4.79 Å². The number of hydrogen-bond donors (Lipinski definition) is 0. The van der Waals surface area contributed by atoms with Crippen LogP contribution in [0.15, 0.2) is 30.3 Å². The number of carbonyl (C=O) groups excluding carboxylic acids is 2. The van der Waals surface area contributed by atoms with Gasteiger partial charge in [-0.25, -0.2) is 0 Å². The van der Waals surface area contributed by atoms with E-state index >= 15 is 0 Å². The normalized spacial score (nSPS) is 25.0. The lowest BCUT2D eigenvalue weighted by molar-refractivity contribution is -0.311. The molecule has 4 heteroatoms. The van der Waals surface area contributed by atoms with E-state index in [1.54, 1.807) is 0 Å². The van der Waals surface area contributed by atoms with Gasteiger partial charge in [0, 0.05) is 31.4 Å². The summed E-state index contributed by atoms with van der Waals surface area (Å²) in [6.45, 7) is 1.63. The summed E-state index contributed by atoms with van der Waals surface area (Å²) in [5.74, 6) is -0.637. The number of amides is 1. The van der Waals surface area contributed by atoms with E-state index in [1.807, 2.05) is 35.2 Å². The molecule has 4 nitrogen and oxygen atoms in total. The van der Waals surface area contributed by atoms with Crippen LogP contribution in [0.2, 0.25) is 0 Å². The summed E-state index contributed by atoms with van der Waals surface area (Å²) in [4.78, 5) is 25.8. The van der Waals surface area contributed by atoms with Crippen LogP contribution in [0.4, 0.5) is 0 Å². The third-order valence-corrected chi connectivity index (χ3v) is 5.41. The van der Waals surface area contributed by atoms with Crippen LogP contribution in [-0.4, -0.2) is 29.9 Å². The van der Waals surface area contributed by atoms with Crippen LogP contribution in [-0.2, 0) is 16.0 Å². The monoisotopic (exact) mass is 314 g/mol. The maximum atomic E-state index is 12.5. The molecule has 1 aromatic rings. The van der Waals surface area contributed by atoms with Crippen LogP contribution >= 0.6 is 0 Å². The summed E-state index contributed by atoms with van der Waals surface area (Å²) >= 11 is 0. The average molecular weight is 314 g/mol. The molecule has 0 spiro atoms. The molecule has 2 fully saturated rings. The van der Waals surface area contributed by atoms with Gasteiger partial charge < -0.3 is 14.8 Å². The molecule has 0 N–H and O–H groups in total. The number of nitrogens with zero attached hydrogens (tertiary/aromatic N) is 1. The van der Waals surface area contributed by atoms with E-state index in [1.165, 1.54) is 25.7 Å². The van der Waals surface area contributed by atoms with Crippen molar-refractivity contribution in [2.45, 2.75) is 38.5 Å². The molecule has 0 radical (unpaired) electrons. The third-order valence-electron chi connectivity index (χ3n) is 5.41. The molecule has 1 aromatic carbocycles. The van der Waals surface area contributed by atoms with Crippen molar-refractivity contribution < 1.29 is 14.7 Å². The van der Waals surface area contributed by atoms with Crippen molar-refractivity contribution >= 4 is 11.9 Å². The van der Waals surface area contributed by atoms with Crippen molar-refractivity contribution in [3.8, 4) is 0 Å². The van der Waals surface area contributed by atoms with E-state index in [4.69, 9.17) is 0 Å². The van der Waals surface area contributed by atoms with Crippen LogP contribution in [0.25, 0.3) is 0 Å². The number of likely N-dealkylation sites (tertiary alicyclic amines) is 1. The number of carboxylic acids is 1. The zero-order chi connectivity index (χ0) is 16.2. The molecule has 3 atom stereocenters. The van der Waals surface area contributed by atoms with Gasteiger partial charge in [-0.1, -0.05) is 43.2 Å². The summed E-state index contributed by atoms with van der Waals surface area (Å²) in [6, 6.07) is 9.45. The van der Waals surface area contributed by atoms with E-state index in [-0.39, 0.29) is 12.3 Å². The predicted octanol–water partition coefficient (Wildman–Crippen LogP) is 1.63. The van der Waals surface area contributed by atoms with Crippen LogP contribution in [0, 0.1) is 17.8 Å². The smallest absolute Gasteiger partial charge is 0.223 e. The van der Waals surface area contributed by atoms with E-state index in [0.717, 1.165) is 18.7 Å². The summed E-state index contributed by atoms with van der Waals surface area (Å²) < 4.78 is 0. The zero-order valence-corrected chi connectivity index (χ0v) is 13.4. The molecule has 1 saturated carbocycles.